The second-order valence-electron chi connectivity index (χ2n) is 3.16. The quantitative estimate of drug-likeness (QED) is 0.575. The highest BCUT2D eigenvalue weighted by atomic mass is 16.6. The molecule has 0 bridgehead atoms. The molecule has 1 aromatic rings. The summed E-state index contributed by atoms with van der Waals surface area (Å²) in [7, 11) is 0. The smallest absolute Gasteiger partial charge is 0.344 e. The summed E-state index contributed by atoms with van der Waals surface area (Å²) >= 11 is 0. The van der Waals surface area contributed by atoms with Gasteiger partial charge >= 0.3 is 11.9 Å². The van der Waals surface area contributed by atoms with Gasteiger partial charge in [0.15, 0.2) is 6.61 Å². The summed E-state index contributed by atoms with van der Waals surface area (Å²) in [5.74, 6) is 0.136. The highest BCUT2D eigenvalue weighted by Gasteiger charge is 2.03. The van der Waals surface area contributed by atoms with Crippen molar-refractivity contribution in [2.75, 3.05) is 13.2 Å². The van der Waals surface area contributed by atoms with E-state index in [1.807, 2.05) is 0 Å². The van der Waals surface area contributed by atoms with E-state index in [2.05, 4.69) is 0 Å². The molecule has 0 heterocycles. The molecule has 0 amide bonds. The number of carbonyl (C=O) groups is 2. The van der Waals surface area contributed by atoms with Crippen LogP contribution in [0, 0.1) is 0 Å². The Morgan fingerprint density at radius 3 is 2.24 bits per heavy atom. The molecular weight excluding hydrogens is 224 g/mol. The van der Waals surface area contributed by atoms with Gasteiger partial charge in [-0.05, 0) is 31.2 Å². The van der Waals surface area contributed by atoms with Crippen LogP contribution in [0.25, 0.3) is 0 Å². The van der Waals surface area contributed by atoms with Crippen molar-refractivity contribution >= 4 is 11.9 Å². The second kappa shape index (κ2) is 6.52. The van der Waals surface area contributed by atoms with Gasteiger partial charge in [0, 0.05) is 6.92 Å². The minimum absolute atomic E-state index is 0.138. The zero-order valence-corrected chi connectivity index (χ0v) is 9.76. The molecule has 0 saturated heterocycles. The highest BCUT2D eigenvalue weighted by molar-refractivity contribution is 5.71. The normalized spacial score (nSPS) is 9.53. The van der Waals surface area contributed by atoms with E-state index in [4.69, 9.17) is 14.2 Å². The largest absolute Gasteiger partial charge is 0.482 e. The second-order valence-corrected chi connectivity index (χ2v) is 3.16. The fourth-order valence-electron chi connectivity index (χ4n) is 1.11. The number of benzene rings is 1. The molecule has 1 rings (SSSR count). The van der Waals surface area contributed by atoms with Crippen molar-refractivity contribution < 1.29 is 23.8 Å². The molecular formula is C12H14O5. The monoisotopic (exact) mass is 238 g/mol. The molecule has 0 aliphatic carbocycles. The summed E-state index contributed by atoms with van der Waals surface area (Å²) in [4.78, 5) is 21.7. The highest BCUT2D eigenvalue weighted by Crippen LogP contribution is 2.17. The van der Waals surface area contributed by atoms with Gasteiger partial charge in [0.25, 0.3) is 0 Å². The molecule has 0 atom stereocenters. The van der Waals surface area contributed by atoms with Gasteiger partial charge in [-0.15, -0.1) is 0 Å². The lowest BCUT2D eigenvalue weighted by Gasteiger charge is -2.06. The molecule has 0 saturated carbocycles. The van der Waals surface area contributed by atoms with E-state index in [1.165, 1.54) is 6.92 Å². The summed E-state index contributed by atoms with van der Waals surface area (Å²) in [5, 5.41) is 0. The number of ether oxygens (including phenoxy) is 3. The van der Waals surface area contributed by atoms with Crippen molar-refractivity contribution in [3.05, 3.63) is 24.3 Å². The van der Waals surface area contributed by atoms with Crippen LogP contribution in [0.2, 0.25) is 0 Å². The van der Waals surface area contributed by atoms with Gasteiger partial charge in [-0.3, -0.25) is 4.79 Å². The van der Waals surface area contributed by atoms with E-state index in [0.29, 0.717) is 18.1 Å². The molecule has 0 fully saturated rings. The van der Waals surface area contributed by atoms with E-state index in [0.717, 1.165) is 0 Å². The molecule has 92 valence electrons. The van der Waals surface area contributed by atoms with Gasteiger partial charge in [0.2, 0.25) is 0 Å². The summed E-state index contributed by atoms with van der Waals surface area (Å²) in [6, 6.07) is 6.39. The first-order valence-corrected chi connectivity index (χ1v) is 5.18. The van der Waals surface area contributed by atoms with Gasteiger partial charge < -0.3 is 14.2 Å². The van der Waals surface area contributed by atoms with Crippen LogP contribution in [-0.4, -0.2) is 25.2 Å². The molecule has 5 heteroatoms. The Bertz CT molecular complexity index is 382. The van der Waals surface area contributed by atoms with Crippen molar-refractivity contribution in [2.45, 2.75) is 13.8 Å². The SMILES string of the molecule is CCOC(=O)COc1ccc(OC(C)=O)cc1. The molecule has 0 aliphatic rings. The number of rotatable bonds is 5. The van der Waals surface area contributed by atoms with Gasteiger partial charge in [-0.1, -0.05) is 0 Å². The van der Waals surface area contributed by atoms with Crippen LogP contribution in [0.15, 0.2) is 24.3 Å². The average molecular weight is 238 g/mol. The van der Waals surface area contributed by atoms with E-state index in [1.54, 1.807) is 31.2 Å². The lowest BCUT2D eigenvalue weighted by molar-refractivity contribution is -0.145. The summed E-state index contributed by atoms with van der Waals surface area (Å²) in [6.07, 6.45) is 0. The molecule has 0 spiro atoms. The number of carbonyl (C=O) groups excluding carboxylic acids is 2. The first-order chi connectivity index (χ1) is 8.11. The average Bonchev–Trinajstić information content (AvgIpc) is 2.28. The Kier molecular flexibility index (Phi) is 5.00. The van der Waals surface area contributed by atoms with E-state index < -0.39 is 5.97 Å². The molecule has 0 unspecified atom stereocenters. The van der Waals surface area contributed by atoms with Crippen molar-refractivity contribution in [1.29, 1.82) is 0 Å². The Morgan fingerprint density at radius 1 is 1.12 bits per heavy atom. The van der Waals surface area contributed by atoms with E-state index in [9.17, 15) is 9.59 Å². The van der Waals surface area contributed by atoms with Gasteiger partial charge in [-0.2, -0.15) is 0 Å². The minimum atomic E-state index is -0.420. The maximum atomic E-state index is 11.0. The molecule has 0 radical (unpaired) electrons. The lowest BCUT2D eigenvalue weighted by atomic mass is 10.3. The predicted molar refractivity (Wildman–Crippen MR) is 59.9 cm³/mol. The standard InChI is InChI=1S/C12H14O5/c1-3-15-12(14)8-16-10-4-6-11(7-5-10)17-9(2)13/h4-7H,3,8H2,1-2H3. The number of hydrogen-bond donors (Lipinski definition) is 0. The summed E-state index contributed by atoms with van der Waals surface area (Å²) in [5.41, 5.74) is 0. The zero-order valence-electron chi connectivity index (χ0n) is 9.76. The Morgan fingerprint density at radius 2 is 1.71 bits per heavy atom. The third kappa shape index (κ3) is 5.01. The topological polar surface area (TPSA) is 61.8 Å². The van der Waals surface area contributed by atoms with Crippen LogP contribution in [0.5, 0.6) is 11.5 Å². The Balaban J connectivity index is 2.45. The Labute approximate surface area is 99.3 Å². The molecule has 0 aromatic heterocycles. The van der Waals surface area contributed by atoms with Crippen molar-refractivity contribution in [3.8, 4) is 11.5 Å². The van der Waals surface area contributed by atoms with Crippen molar-refractivity contribution in [2.24, 2.45) is 0 Å². The zero-order chi connectivity index (χ0) is 12.7. The van der Waals surface area contributed by atoms with Crippen molar-refractivity contribution in [3.63, 3.8) is 0 Å². The van der Waals surface area contributed by atoms with Crippen LogP contribution in [0.4, 0.5) is 0 Å². The van der Waals surface area contributed by atoms with Gasteiger partial charge in [-0.25, -0.2) is 4.79 Å². The van der Waals surface area contributed by atoms with E-state index >= 15 is 0 Å². The minimum Gasteiger partial charge on any atom is -0.482 e. The van der Waals surface area contributed by atoms with Crippen LogP contribution in [-0.2, 0) is 14.3 Å². The van der Waals surface area contributed by atoms with Crippen LogP contribution in [0.3, 0.4) is 0 Å². The van der Waals surface area contributed by atoms with E-state index in [-0.39, 0.29) is 12.6 Å². The molecule has 0 aliphatic heterocycles. The fraction of sp³-hybridized carbons (Fsp3) is 0.333. The summed E-state index contributed by atoms with van der Waals surface area (Å²) < 4.78 is 14.7. The lowest BCUT2D eigenvalue weighted by Crippen LogP contribution is -2.14. The summed E-state index contributed by atoms with van der Waals surface area (Å²) in [6.45, 7) is 3.24. The van der Waals surface area contributed by atoms with Crippen LogP contribution < -0.4 is 9.47 Å². The molecule has 0 N–H and O–H groups in total. The number of esters is 2. The van der Waals surface area contributed by atoms with Crippen LogP contribution >= 0.6 is 0 Å². The third-order valence-electron chi connectivity index (χ3n) is 1.75. The maximum absolute atomic E-state index is 11.0. The molecule has 5 nitrogen and oxygen atoms in total. The first-order valence-electron chi connectivity index (χ1n) is 5.18. The van der Waals surface area contributed by atoms with Gasteiger partial charge in [0.05, 0.1) is 6.61 Å². The fourth-order valence-corrected chi connectivity index (χ4v) is 1.11. The van der Waals surface area contributed by atoms with Crippen LogP contribution in [0.1, 0.15) is 13.8 Å². The van der Waals surface area contributed by atoms with Crippen molar-refractivity contribution in [1.82, 2.24) is 0 Å². The predicted octanol–water partition coefficient (Wildman–Crippen LogP) is 1.55. The molecule has 1 aromatic carbocycles. The first kappa shape index (κ1) is 13.0. The number of hydrogen-bond acceptors (Lipinski definition) is 5. The van der Waals surface area contributed by atoms with Gasteiger partial charge in [0.1, 0.15) is 11.5 Å². The maximum Gasteiger partial charge on any atom is 0.344 e. The third-order valence-corrected chi connectivity index (χ3v) is 1.75. The Hall–Kier alpha value is -2.04. The molecule has 17 heavy (non-hydrogen) atoms.